The van der Waals surface area contributed by atoms with E-state index in [1.165, 1.54) is 5.57 Å². The number of carbonyl (C=O) groups excluding carboxylic acids is 1. The van der Waals surface area contributed by atoms with Crippen molar-refractivity contribution in [2.45, 2.75) is 39.2 Å². The maximum absolute atomic E-state index is 11.2. The van der Waals surface area contributed by atoms with Gasteiger partial charge in [0, 0.05) is 19.5 Å². The highest BCUT2D eigenvalue weighted by atomic mass is 16.2. The standard InChI is InChI=1S/C10H17NO/c1-4-10-7-8(2)5-6-11(10)9(3)12/h10H,2,4-7H2,1,3H3. The van der Waals surface area contributed by atoms with Crippen LogP contribution in [0.15, 0.2) is 12.2 Å². The second kappa shape index (κ2) is 3.74. The molecule has 1 rings (SSSR count). The summed E-state index contributed by atoms with van der Waals surface area (Å²) < 4.78 is 0. The molecule has 1 amide bonds. The molecule has 0 aromatic carbocycles. The molecular formula is C10H17NO. The molecule has 1 aliphatic rings. The predicted molar refractivity (Wildman–Crippen MR) is 49.8 cm³/mol. The number of hydrogen-bond donors (Lipinski definition) is 0. The number of nitrogens with zero attached hydrogens (tertiary/aromatic N) is 1. The van der Waals surface area contributed by atoms with E-state index < -0.39 is 0 Å². The molecule has 2 heteroatoms. The van der Waals surface area contributed by atoms with E-state index in [0.29, 0.717) is 6.04 Å². The zero-order valence-electron chi connectivity index (χ0n) is 7.97. The van der Waals surface area contributed by atoms with Crippen LogP contribution >= 0.6 is 0 Å². The maximum atomic E-state index is 11.2. The summed E-state index contributed by atoms with van der Waals surface area (Å²) in [4.78, 5) is 13.1. The predicted octanol–water partition coefficient (Wildman–Crippen LogP) is 1.96. The van der Waals surface area contributed by atoms with Gasteiger partial charge in [-0.1, -0.05) is 19.1 Å². The van der Waals surface area contributed by atoms with Crippen molar-refractivity contribution in [3.63, 3.8) is 0 Å². The van der Waals surface area contributed by atoms with Gasteiger partial charge in [-0.25, -0.2) is 0 Å². The van der Waals surface area contributed by atoms with E-state index in [1.807, 2.05) is 4.90 Å². The summed E-state index contributed by atoms with van der Waals surface area (Å²) in [6.07, 6.45) is 3.02. The van der Waals surface area contributed by atoms with Crippen molar-refractivity contribution in [1.29, 1.82) is 0 Å². The SMILES string of the molecule is C=C1CCN(C(C)=O)C(CC)C1. The van der Waals surface area contributed by atoms with E-state index in [1.54, 1.807) is 6.92 Å². The number of amides is 1. The summed E-state index contributed by atoms with van der Waals surface area (Å²) in [5, 5.41) is 0. The largest absolute Gasteiger partial charge is 0.339 e. The normalized spacial score (nSPS) is 24.3. The van der Waals surface area contributed by atoms with Crippen LogP contribution in [-0.4, -0.2) is 23.4 Å². The van der Waals surface area contributed by atoms with E-state index in [9.17, 15) is 4.79 Å². The highest BCUT2D eigenvalue weighted by Gasteiger charge is 2.23. The van der Waals surface area contributed by atoms with Gasteiger partial charge < -0.3 is 4.90 Å². The van der Waals surface area contributed by atoms with Gasteiger partial charge in [-0.3, -0.25) is 4.79 Å². The van der Waals surface area contributed by atoms with Crippen molar-refractivity contribution >= 4 is 5.91 Å². The van der Waals surface area contributed by atoms with Gasteiger partial charge in [-0.05, 0) is 19.3 Å². The Labute approximate surface area is 74.2 Å². The lowest BCUT2D eigenvalue weighted by molar-refractivity contribution is -0.131. The monoisotopic (exact) mass is 167 g/mol. The van der Waals surface area contributed by atoms with Crippen LogP contribution in [-0.2, 0) is 4.79 Å². The fourth-order valence-electron chi connectivity index (χ4n) is 1.79. The number of piperidine rings is 1. The molecule has 1 saturated heterocycles. The quantitative estimate of drug-likeness (QED) is 0.547. The van der Waals surface area contributed by atoms with Crippen LogP contribution in [0.4, 0.5) is 0 Å². The van der Waals surface area contributed by atoms with E-state index in [-0.39, 0.29) is 5.91 Å². The molecule has 0 N–H and O–H groups in total. The Kier molecular flexibility index (Phi) is 2.90. The summed E-state index contributed by atoms with van der Waals surface area (Å²) in [6, 6.07) is 0.406. The molecule has 1 unspecified atom stereocenters. The Morgan fingerprint density at radius 1 is 1.75 bits per heavy atom. The number of carbonyl (C=O) groups is 1. The maximum Gasteiger partial charge on any atom is 0.219 e. The van der Waals surface area contributed by atoms with E-state index >= 15 is 0 Å². The van der Waals surface area contributed by atoms with Crippen LogP contribution in [0.1, 0.15) is 33.1 Å². The van der Waals surface area contributed by atoms with Crippen LogP contribution in [0.2, 0.25) is 0 Å². The van der Waals surface area contributed by atoms with Crippen molar-refractivity contribution in [1.82, 2.24) is 4.90 Å². The average molecular weight is 167 g/mol. The number of hydrogen-bond acceptors (Lipinski definition) is 1. The lowest BCUT2D eigenvalue weighted by Gasteiger charge is -2.35. The first-order valence-corrected chi connectivity index (χ1v) is 4.59. The zero-order chi connectivity index (χ0) is 9.14. The van der Waals surface area contributed by atoms with Crippen molar-refractivity contribution in [2.24, 2.45) is 0 Å². The molecule has 12 heavy (non-hydrogen) atoms. The smallest absolute Gasteiger partial charge is 0.219 e. The highest BCUT2D eigenvalue weighted by molar-refractivity contribution is 5.73. The van der Waals surface area contributed by atoms with Crippen LogP contribution < -0.4 is 0 Å². The second-order valence-corrected chi connectivity index (χ2v) is 3.48. The molecule has 1 heterocycles. The van der Waals surface area contributed by atoms with E-state index in [0.717, 1.165) is 25.8 Å². The molecule has 0 aliphatic carbocycles. The molecule has 0 aromatic heterocycles. The van der Waals surface area contributed by atoms with Crippen molar-refractivity contribution in [3.05, 3.63) is 12.2 Å². The van der Waals surface area contributed by atoms with Gasteiger partial charge in [0.25, 0.3) is 0 Å². The third-order valence-corrected chi connectivity index (χ3v) is 2.55. The van der Waals surface area contributed by atoms with Crippen molar-refractivity contribution in [3.8, 4) is 0 Å². The van der Waals surface area contributed by atoms with Crippen molar-refractivity contribution < 1.29 is 4.79 Å². The zero-order valence-corrected chi connectivity index (χ0v) is 7.97. The minimum Gasteiger partial charge on any atom is -0.339 e. The molecule has 0 bridgehead atoms. The minimum absolute atomic E-state index is 0.203. The molecule has 0 saturated carbocycles. The van der Waals surface area contributed by atoms with Crippen molar-refractivity contribution in [2.75, 3.05) is 6.54 Å². The average Bonchev–Trinajstić information content (AvgIpc) is 2.03. The summed E-state index contributed by atoms with van der Waals surface area (Å²) in [7, 11) is 0. The Morgan fingerprint density at radius 2 is 2.42 bits per heavy atom. The van der Waals surface area contributed by atoms with Crippen LogP contribution in [0.3, 0.4) is 0 Å². The van der Waals surface area contributed by atoms with E-state index in [2.05, 4.69) is 13.5 Å². The minimum atomic E-state index is 0.203. The fourth-order valence-corrected chi connectivity index (χ4v) is 1.79. The number of rotatable bonds is 1. The van der Waals surface area contributed by atoms with Crippen LogP contribution in [0.25, 0.3) is 0 Å². The third-order valence-electron chi connectivity index (χ3n) is 2.55. The molecule has 0 radical (unpaired) electrons. The number of likely N-dealkylation sites (tertiary alicyclic amines) is 1. The summed E-state index contributed by atoms with van der Waals surface area (Å²) in [6.45, 7) is 8.61. The fraction of sp³-hybridized carbons (Fsp3) is 0.700. The van der Waals surface area contributed by atoms with Gasteiger partial charge in [-0.15, -0.1) is 0 Å². The molecule has 1 atom stereocenters. The van der Waals surface area contributed by atoms with Gasteiger partial charge in [0.1, 0.15) is 0 Å². The van der Waals surface area contributed by atoms with Crippen LogP contribution in [0.5, 0.6) is 0 Å². The van der Waals surface area contributed by atoms with E-state index in [4.69, 9.17) is 0 Å². The Hall–Kier alpha value is -0.790. The third kappa shape index (κ3) is 1.87. The lowest BCUT2D eigenvalue weighted by Crippen LogP contribution is -2.42. The van der Waals surface area contributed by atoms with Gasteiger partial charge in [0.15, 0.2) is 0 Å². The van der Waals surface area contributed by atoms with Gasteiger partial charge in [0.2, 0.25) is 5.91 Å². The first-order valence-electron chi connectivity index (χ1n) is 4.59. The lowest BCUT2D eigenvalue weighted by atomic mass is 9.96. The first kappa shape index (κ1) is 9.30. The second-order valence-electron chi connectivity index (χ2n) is 3.48. The van der Waals surface area contributed by atoms with Crippen LogP contribution in [0, 0.1) is 0 Å². The van der Waals surface area contributed by atoms with Gasteiger partial charge in [0.05, 0.1) is 0 Å². The highest BCUT2D eigenvalue weighted by Crippen LogP contribution is 2.22. The Morgan fingerprint density at radius 3 is 2.92 bits per heavy atom. The van der Waals surface area contributed by atoms with Gasteiger partial charge >= 0.3 is 0 Å². The molecule has 0 aromatic rings. The van der Waals surface area contributed by atoms with Gasteiger partial charge in [-0.2, -0.15) is 0 Å². The summed E-state index contributed by atoms with van der Waals surface area (Å²) in [5.74, 6) is 0.203. The molecule has 68 valence electrons. The Bertz CT molecular complexity index is 198. The molecule has 2 nitrogen and oxygen atoms in total. The summed E-state index contributed by atoms with van der Waals surface area (Å²) in [5.41, 5.74) is 1.29. The molecule has 1 fully saturated rings. The topological polar surface area (TPSA) is 20.3 Å². The summed E-state index contributed by atoms with van der Waals surface area (Å²) >= 11 is 0. The molecule has 0 spiro atoms. The Balaban J connectivity index is 2.62. The molecule has 1 aliphatic heterocycles. The molecular weight excluding hydrogens is 150 g/mol. The first-order chi connectivity index (χ1) is 5.65.